The summed E-state index contributed by atoms with van der Waals surface area (Å²) in [6, 6.07) is 22.5. The molecule has 0 atom stereocenters. The molecule has 1 heterocycles. The van der Waals surface area contributed by atoms with E-state index in [0.717, 1.165) is 16.7 Å². The van der Waals surface area contributed by atoms with Crippen molar-refractivity contribution in [3.63, 3.8) is 0 Å². The second-order valence-electron chi connectivity index (χ2n) is 7.19. The van der Waals surface area contributed by atoms with Crippen molar-refractivity contribution in [2.75, 3.05) is 5.73 Å². The molecule has 0 radical (unpaired) electrons. The third-order valence-electron chi connectivity index (χ3n) is 4.97. The van der Waals surface area contributed by atoms with E-state index >= 15 is 0 Å². The van der Waals surface area contributed by atoms with Gasteiger partial charge in [-0.2, -0.15) is 0 Å². The molecule has 4 aromatic rings. The van der Waals surface area contributed by atoms with Crippen LogP contribution in [0.4, 0.5) is 5.82 Å². The predicted molar refractivity (Wildman–Crippen MR) is 125 cm³/mol. The fraction of sp³-hybridized carbons (Fsp3) is 0.0800. The number of aromatic carboxylic acids is 1. The fourth-order valence-electron chi connectivity index (χ4n) is 3.33. The summed E-state index contributed by atoms with van der Waals surface area (Å²) >= 11 is 6.36. The largest absolute Gasteiger partial charge is 0.487 e. The normalized spacial score (nSPS) is 10.7. The van der Waals surface area contributed by atoms with Crippen molar-refractivity contribution >= 4 is 23.4 Å². The van der Waals surface area contributed by atoms with Crippen LogP contribution < -0.4 is 10.5 Å². The average molecular weight is 446 g/mol. The Labute approximate surface area is 190 Å². The lowest BCUT2D eigenvalue weighted by Gasteiger charge is -2.15. The van der Waals surface area contributed by atoms with Crippen LogP contribution in [-0.4, -0.2) is 21.0 Å². The summed E-state index contributed by atoms with van der Waals surface area (Å²) in [5.74, 6) is -0.935. The molecule has 0 aliphatic rings. The number of nitrogens with zero attached hydrogens (tertiary/aromatic N) is 2. The minimum atomic E-state index is -1.25. The number of halogens is 1. The van der Waals surface area contributed by atoms with Crippen molar-refractivity contribution in [2.45, 2.75) is 13.5 Å². The molecule has 0 aliphatic heterocycles. The number of benzene rings is 3. The number of carbonyl (C=O) groups is 1. The molecule has 0 unspecified atom stereocenters. The lowest BCUT2D eigenvalue weighted by atomic mass is 10.00. The van der Waals surface area contributed by atoms with E-state index in [-0.39, 0.29) is 11.5 Å². The van der Waals surface area contributed by atoms with Gasteiger partial charge in [0.25, 0.3) is 0 Å². The van der Waals surface area contributed by atoms with Gasteiger partial charge in [-0.1, -0.05) is 72.3 Å². The molecule has 1 aromatic heterocycles. The van der Waals surface area contributed by atoms with Crippen LogP contribution in [-0.2, 0) is 6.61 Å². The predicted octanol–water partition coefficient (Wildman–Crippen LogP) is 5.63. The molecule has 4 rings (SSSR count). The summed E-state index contributed by atoms with van der Waals surface area (Å²) in [5, 5.41) is 9.97. The number of carboxylic acids is 1. The third-order valence-corrected chi connectivity index (χ3v) is 5.28. The Kier molecular flexibility index (Phi) is 6.05. The van der Waals surface area contributed by atoms with Crippen molar-refractivity contribution < 1.29 is 14.6 Å². The van der Waals surface area contributed by atoms with Crippen LogP contribution in [0.3, 0.4) is 0 Å². The summed E-state index contributed by atoms with van der Waals surface area (Å²) in [6.07, 6.45) is 0. The van der Waals surface area contributed by atoms with Gasteiger partial charge < -0.3 is 15.6 Å². The smallest absolute Gasteiger partial charge is 0.358 e. The van der Waals surface area contributed by atoms with E-state index in [9.17, 15) is 9.90 Å². The van der Waals surface area contributed by atoms with Crippen molar-refractivity contribution in [1.82, 2.24) is 9.97 Å². The van der Waals surface area contributed by atoms with Crippen molar-refractivity contribution in [2.24, 2.45) is 0 Å². The number of ether oxygens (including phenoxy) is 1. The molecular weight excluding hydrogens is 426 g/mol. The monoisotopic (exact) mass is 445 g/mol. The van der Waals surface area contributed by atoms with Crippen LogP contribution in [0.15, 0.2) is 72.8 Å². The number of hydrogen-bond donors (Lipinski definition) is 2. The molecule has 3 N–H and O–H groups in total. The Morgan fingerprint density at radius 3 is 2.44 bits per heavy atom. The zero-order valence-corrected chi connectivity index (χ0v) is 18.0. The Balaban J connectivity index is 1.82. The lowest BCUT2D eigenvalue weighted by molar-refractivity contribution is 0.0691. The van der Waals surface area contributed by atoms with E-state index in [2.05, 4.69) is 9.97 Å². The maximum Gasteiger partial charge on any atom is 0.358 e. The minimum Gasteiger partial charge on any atom is -0.487 e. The summed E-state index contributed by atoms with van der Waals surface area (Å²) in [4.78, 5) is 20.4. The van der Waals surface area contributed by atoms with Crippen molar-refractivity contribution in [3.8, 4) is 28.3 Å². The highest BCUT2D eigenvalue weighted by molar-refractivity contribution is 6.32. The summed E-state index contributed by atoms with van der Waals surface area (Å²) in [5.41, 5.74) is 9.86. The van der Waals surface area contributed by atoms with Gasteiger partial charge in [0.1, 0.15) is 12.4 Å². The maximum atomic E-state index is 11.7. The SMILES string of the molecule is Cc1ccccc1-c1nc(N)c(C(=O)O)nc1-c1ccc(Cl)c(OCc2ccccc2)c1. The van der Waals surface area contributed by atoms with Crippen LogP contribution in [0.5, 0.6) is 5.75 Å². The van der Waals surface area contributed by atoms with Gasteiger partial charge in [-0.25, -0.2) is 14.8 Å². The van der Waals surface area contributed by atoms with E-state index < -0.39 is 5.97 Å². The maximum absolute atomic E-state index is 11.7. The molecule has 0 aliphatic carbocycles. The lowest BCUT2D eigenvalue weighted by Crippen LogP contribution is -2.10. The third kappa shape index (κ3) is 4.40. The Bertz CT molecular complexity index is 1290. The fourth-order valence-corrected chi connectivity index (χ4v) is 3.50. The minimum absolute atomic E-state index is 0.144. The van der Waals surface area contributed by atoms with Crippen LogP contribution in [0.25, 0.3) is 22.5 Å². The van der Waals surface area contributed by atoms with Gasteiger partial charge >= 0.3 is 5.97 Å². The summed E-state index contributed by atoms with van der Waals surface area (Å²) < 4.78 is 5.93. The first-order valence-electron chi connectivity index (χ1n) is 9.87. The molecule has 6 nitrogen and oxygen atoms in total. The highest BCUT2D eigenvalue weighted by atomic mass is 35.5. The first kappa shape index (κ1) is 21.3. The number of rotatable bonds is 6. The first-order valence-corrected chi connectivity index (χ1v) is 10.3. The molecule has 7 heteroatoms. The van der Waals surface area contributed by atoms with Crippen LogP contribution >= 0.6 is 11.6 Å². The quantitative estimate of drug-likeness (QED) is 0.399. The van der Waals surface area contributed by atoms with E-state index in [0.29, 0.717) is 34.3 Å². The van der Waals surface area contributed by atoms with Crippen LogP contribution in [0, 0.1) is 6.92 Å². The van der Waals surface area contributed by atoms with Gasteiger partial charge in [0.15, 0.2) is 11.5 Å². The second-order valence-corrected chi connectivity index (χ2v) is 7.60. The number of carboxylic acid groups (broad SMARTS) is 1. The molecular formula is C25H20ClN3O3. The topological polar surface area (TPSA) is 98.3 Å². The number of nitrogens with two attached hydrogens (primary N) is 1. The van der Waals surface area contributed by atoms with Crippen LogP contribution in [0.2, 0.25) is 5.02 Å². The van der Waals surface area contributed by atoms with Gasteiger partial charge in [-0.05, 0) is 30.2 Å². The van der Waals surface area contributed by atoms with Gasteiger partial charge in [0, 0.05) is 11.1 Å². The number of nitrogen functional groups attached to an aromatic ring is 1. The van der Waals surface area contributed by atoms with Gasteiger partial charge in [-0.3, -0.25) is 0 Å². The number of anilines is 1. The van der Waals surface area contributed by atoms with E-state index in [1.807, 2.05) is 61.5 Å². The highest BCUT2D eigenvalue weighted by Gasteiger charge is 2.21. The van der Waals surface area contributed by atoms with Crippen molar-refractivity contribution in [3.05, 3.63) is 94.6 Å². The van der Waals surface area contributed by atoms with E-state index in [1.54, 1.807) is 18.2 Å². The van der Waals surface area contributed by atoms with E-state index in [1.165, 1.54) is 0 Å². The zero-order chi connectivity index (χ0) is 22.7. The molecule has 32 heavy (non-hydrogen) atoms. The number of aromatic nitrogens is 2. The van der Waals surface area contributed by atoms with Crippen molar-refractivity contribution in [1.29, 1.82) is 0 Å². The molecule has 3 aromatic carbocycles. The molecule has 0 bridgehead atoms. The molecule has 0 saturated heterocycles. The molecule has 0 fully saturated rings. The Morgan fingerprint density at radius 1 is 1.00 bits per heavy atom. The standard InChI is InChI=1S/C25H20ClN3O3/c1-15-7-5-6-10-18(15)22-21(28-23(25(30)31)24(27)29-22)17-11-12-19(26)20(13-17)32-14-16-8-3-2-4-9-16/h2-13H,14H2,1H3,(H2,27,29)(H,30,31). The van der Waals surface area contributed by atoms with Gasteiger partial charge in [0.05, 0.1) is 16.4 Å². The Hall–Kier alpha value is -3.90. The van der Waals surface area contributed by atoms with E-state index in [4.69, 9.17) is 22.1 Å². The molecule has 0 saturated carbocycles. The number of hydrogen-bond acceptors (Lipinski definition) is 5. The first-order chi connectivity index (χ1) is 15.4. The Morgan fingerprint density at radius 2 is 1.72 bits per heavy atom. The summed E-state index contributed by atoms with van der Waals surface area (Å²) in [6.45, 7) is 2.28. The average Bonchev–Trinajstić information content (AvgIpc) is 2.79. The number of aryl methyl sites for hydroxylation is 1. The molecule has 0 spiro atoms. The highest BCUT2D eigenvalue weighted by Crippen LogP contribution is 2.36. The summed E-state index contributed by atoms with van der Waals surface area (Å²) in [7, 11) is 0. The van der Waals surface area contributed by atoms with Crippen LogP contribution in [0.1, 0.15) is 21.6 Å². The van der Waals surface area contributed by atoms with Gasteiger partial charge in [-0.15, -0.1) is 0 Å². The van der Waals surface area contributed by atoms with Gasteiger partial charge in [0.2, 0.25) is 0 Å². The second kappa shape index (κ2) is 9.08. The molecule has 160 valence electrons. The molecule has 0 amide bonds. The zero-order valence-electron chi connectivity index (χ0n) is 17.2.